The fraction of sp³-hybridized carbons (Fsp3) is 0.571. The summed E-state index contributed by atoms with van der Waals surface area (Å²) in [5, 5.41) is 5.61. The number of ether oxygens (including phenoxy) is 2. The first-order valence-corrected chi connectivity index (χ1v) is 6.86. The van der Waals surface area contributed by atoms with Gasteiger partial charge in [-0.15, -0.1) is 0 Å². The molecule has 1 rings (SSSR count). The smallest absolute Gasteiger partial charge is 0.407 e. The zero-order valence-electron chi connectivity index (χ0n) is 13.5. The van der Waals surface area contributed by atoms with E-state index in [2.05, 4.69) is 25.3 Å². The molecule has 0 atom stereocenters. The largest absolute Gasteiger partial charge is 0.463 e. The highest BCUT2D eigenvalue weighted by Gasteiger charge is 2.15. The van der Waals surface area contributed by atoms with E-state index in [0.717, 1.165) is 0 Å². The maximum atomic E-state index is 11.5. The number of aromatic nitrogens is 2. The number of nitrogens with one attached hydrogen (secondary N) is 2. The molecule has 0 bridgehead atoms. The minimum absolute atomic E-state index is 0.00917. The number of alkyl carbamates (subject to hydrolysis) is 1. The number of hydrogen-bond acceptors (Lipinski definition) is 7. The predicted octanol–water partition coefficient (Wildman–Crippen LogP) is 1.51. The van der Waals surface area contributed by atoms with Crippen molar-refractivity contribution >= 4 is 17.9 Å². The van der Waals surface area contributed by atoms with Crippen LogP contribution >= 0.6 is 0 Å². The van der Waals surface area contributed by atoms with E-state index in [9.17, 15) is 9.59 Å². The summed E-state index contributed by atoms with van der Waals surface area (Å²) in [7, 11) is 1.27. The van der Waals surface area contributed by atoms with Crippen molar-refractivity contribution in [1.29, 1.82) is 0 Å². The Morgan fingerprint density at radius 3 is 2.50 bits per heavy atom. The zero-order chi connectivity index (χ0) is 16.8. The Labute approximate surface area is 129 Å². The highest BCUT2D eigenvalue weighted by atomic mass is 16.6. The predicted molar refractivity (Wildman–Crippen MR) is 80.8 cm³/mol. The number of anilines is 1. The number of hydrogen-bond donors (Lipinski definition) is 2. The molecule has 1 aromatic heterocycles. The number of carbonyl (C=O) groups is 2. The Hall–Kier alpha value is -2.38. The first-order chi connectivity index (χ1) is 10.2. The standard InChI is InChI=1S/C14H22N4O4/c1-9-8-10(18-11(17-9)12(19)21-5)15-6-7-16-13(20)22-14(2,3)4/h8H,6-7H2,1-5H3,(H,16,20)(H,15,17,18). The van der Waals surface area contributed by atoms with Crippen molar-refractivity contribution in [1.82, 2.24) is 15.3 Å². The van der Waals surface area contributed by atoms with Gasteiger partial charge in [-0.25, -0.2) is 19.6 Å². The summed E-state index contributed by atoms with van der Waals surface area (Å²) >= 11 is 0. The van der Waals surface area contributed by atoms with E-state index >= 15 is 0 Å². The number of carbonyl (C=O) groups excluding carboxylic acids is 2. The third-order valence-corrected chi connectivity index (χ3v) is 2.32. The number of nitrogens with zero attached hydrogens (tertiary/aromatic N) is 2. The molecule has 0 aliphatic heterocycles. The van der Waals surface area contributed by atoms with Crippen molar-refractivity contribution in [2.75, 3.05) is 25.5 Å². The molecule has 8 nitrogen and oxygen atoms in total. The van der Waals surface area contributed by atoms with Crippen LogP contribution in [0.15, 0.2) is 6.07 Å². The Bertz CT molecular complexity index is 540. The molecule has 8 heteroatoms. The summed E-state index contributed by atoms with van der Waals surface area (Å²) in [6, 6.07) is 1.69. The van der Waals surface area contributed by atoms with Gasteiger partial charge in [-0.3, -0.25) is 0 Å². The topological polar surface area (TPSA) is 102 Å². The molecule has 122 valence electrons. The second kappa shape index (κ2) is 7.58. The summed E-state index contributed by atoms with van der Waals surface area (Å²) in [4.78, 5) is 30.9. The van der Waals surface area contributed by atoms with Gasteiger partial charge in [0, 0.05) is 24.8 Å². The van der Waals surface area contributed by atoms with Crippen molar-refractivity contribution in [2.24, 2.45) is 0 Å². The third kappa shape index (κ3) is 6.38. The molecule has 0 aromatic carbocycles. The summed E-state index contributed by atoms with van der Waals surface area (Å²) in [6.45, 7) is 7.91. The second-order valence-electron chi connectivity index (χ2n) is 5.57. The minimum Gasteiger partial charge on any atom is -0.463 e. The van der Waals surface area contributed by atoms with Crippen LogP contribution in [0, 0.1) is 6.92 Å². The van der Waals surface area contributed by atoms with Crippen molar-refractivity contribution in [3.63, 3.8) is 0 Å². The molecular weight excluding hydrogens is 288 g/mol. The van der Waals surface area contributed by atoms with Gasteiger partial charge < -0.3 is 20.1 Å². The van der Waals surface area contributed by atoms with Crippen LogP contribution < -0.4 is 10.6 Å². The Balaban J connectivity index is 2.47. The van der Waals surface area contributed by atoms with Crippen LogP contribution in [0.4, 0.5) is 10.6 Å². The first kappa shape index (κ1) is 17.7. The van der Waals surface area contributed by atoms with Crippen molar-refractivity contribution < 1.29 is 19.1 Å². The van der Waals surface area contributed by atoms with E-state index in [1.807, 2.05) is 0 Å². The van der Waals surface area contributed by atoms with Crippen LogP contribution in [0.5, 0.6) is 0 Å². The van der Waals surface area contributed by atoms with Gasteiger partial charge in [0.15, 0.2) is 0 Å². The molecule has 22 heavy (non-hydrogen) atoms. The molecule has 0 spiro atoms. The quantitative estimate of drug-likeness (QED) is 0.627. The highest BCUT2D eigenvalue weighted by Crippen LogP contribution is 2.07. The van der Waals surface area contributed by atoms with Gasteiger partial charge in [-0.1, -0.05) is 0 Å². The van der Waals surface area contributed by atoms with Crippen LogP contribution in [0.2, 0.25) is 0 Å². The van der Waals surface area contributed by atoms with Crippen LogP contribution in [0.3, 0.4) is 0 Å². The second-order valence-corrected chi connectivity index (χ2v) is 5.57. The molecule has 1 aromatic rings. The van der Waals surface area contributed by atoms with Crippen molar-refractivity contribution in [2.45, 2.75) is 33.3 Å². The summed E-state index contributed by atoms with van der Waals surface area (Å²) in [5.74, 6) is -0.123. The lowest BCUT2D eigenvalue weighted by molar-refractivity contribution is 0.0528. The SMILES string of the molecule is COC(=O)c1nc(C)cc(NCCNC(=O)OC(C)(C)C)n1. The van der Waals surface area contributed by atoms with E-state index < -0.39 is 17.7 Å². The summed E-state index contributed by atoms with van der Waals surface area (Å²) in [5.41, 5.74) is 0.106. The Morgan fingerprint density at radius 1 is 1.23 bits per heavy atom. The number of methoxy groups -OCH3 is 1. The van der Waals surface area contributed by atoms with E-state index in [4.69, 9.17) is 4.74 Å². The van der Waals surface area contributed by atoms with E-state index in [1.54, 1.807) is 33.8 Å². The lowest BCUT2D eigenvalue weighted by Gasteiger charge is -2.19. The average Bonchev–Trinajstić information content (AvgIpc) is 2.40. The number of rotatable bonds is 5. The maximum absolute atomic E-state index is 11.5. The highest BCUT2D eigenvalue weighted by molar-refractivity contribution is 5.85. The van der Waals surface area contributed by atoms with E-state index in [1.165, 1.54) is 7.11 Å². The molecule has 0 aliphatic rings. The Kier molecular flexibility index (Phi) is 6.09. The van der Waals surface area contributed by atoms with E-state index in [-0.39, 0.29) is 5.82 Å². The molecule has 0 aliphatic carbocycles. The number of aryl methyl sites for hydroxylation is 1. The van der Waals surface area contributed by atoms with Gasteiger partial charge in [0.1, 0.15) is 11.4 Å². The van der Waals surface area contributed by atoms with Gasteiger partial charge in [0.05, 0.1) is 7.11 Å². The normalized spacial score (nSPS) is 10.8. The van der Waals surface area contributed by atoms with Gasteiger partial charge >= 0.3 is 12.1 Å². The van der Waals surface area contributed by atoms with Crippen LogP contribution in [-0.2, 0) is 9.47 Å². The summed E-state index contributed by atoms with van der Waals surface area (Å²) in [6.07, 6.45) is -0.483. The van der Waals surface area contributed by atoms with Crippen molar-refractivity contribution in [3.05, 3.63) is 17.6 Å². The molecule has 0 saturated heterocycles. The molecule has 0 radical (unpaired) electrons. The van der Waals surface area contributed by atoms with Crippen LogP contribution in [0.1, 0.15) is 37.1 Å². The number of amides is 1. The molecule has 2 N–H and O–H groups in total. The molecule has 1 amide bonds. The molecular formula is C14H22N4O4. The minimum atomic E-state index is -0.598. The van der Waals surface area contributed by atoms with Gasteiger partial charge in [-0.05, 0) is 27.7 Å². The fourth-order valence-electron chi connectivity index (χ4n) is 1.51. The fourth-order valence-corrected chi connectivity index (χ4v) is 1.51. The number of esters is 1. The van der Waals surface area contributed by atoms with E-state index in [0.29, 0.717) is 24.6 Å². The molecule has 0 saturated carbocycles. The first-order valence-electron chi connectivity index (χ1n) is 6.86. The third-order valence-electron chi connectivity index (χ3n) is 2.32. The lowest BCUT2D eigenvalue weighted by atomic mass is 10.2. The monoisotopic (exact) mass is 310 g/mol. The van der Waals surface area contributed by atoms with Crippen LogP contribution in [-0.4, -0.2) is 47.8 Å². The van der Waals surface area contributed by atoms with Gasteiger partial charge in [0.25, 0.3) is 0 Å². The zero-order valence-corrected chi connectivity index (χ0v) is 13.5. The Morgan fingerprint density at radius 2 is 1.91 bits per heavy atom. The molecule has 1 heterocycles. The van der Waals surface area contributed by atoms with Crippen molar-refractivity contribution in [3.8, 4) is 0 Å². The lowest BCUT2D eigenvalue weighted by Crippen LogP contribution is -2.35. The summed E-state index contributed by atoms with van der Waals surface area (Å²) < 4.78 is 9.69. The van der Waals surface area contributed by atoms with Gasteiger partial charge in [0.2, 0.25) is 5.82 Å². The maximum Gasteiger partial charge on any atom is 0.407 e. The molecule has 0 unspecified atom stereocenters. The molecule has 0 fully saturated rings. The van der Waals surface area contributed by atoms with Crippen LogP contribution in [0.25, 0.3) is 0 Å². The van der Waals surface area contributed by atoms with Gasteiger partial charge in [-0.2, -0.15) is 0 Å². The average molecular weight is 310 g/mol.